The molecule has 0 spiro atoms. The fourth-order valence-corrected chi connectivity index (χ4v) is 1.79. The molecule has 0 saturated carbocycles. The average Bonchev–Trinajstić information content (AvgIpc) is 2.71. The second-order valence-electron chi connectivity index (χ2n) is 5.59. The highest BCUT2D eigenvalue weighted by Crippen LogP contribution is 2.24. The van der Waals surface area contributed by atoms with Gasteiger partial charge in [0.05, 0.1) is 19.1 Å². The summed E-state index contributed by atoms with van der Waals surface area (Å²) in [5.41, 5.74) is 6.06. The van der Waals surface area contributed by atoms with Crippen molar-refractivity contribution in [3.8, 4) is 0 Å². The van der Waals surface area contributed by atoms with Gasteiger partial charge < -0.3 is 15.0 Å². The fraction of sp³-hybridized carbons (Fsp3) is 0.818. The topological polar surface area (TPSA) is 74.2 Å². The molecule has 1 aromatic rings. The molecule has 1 fully saturated rings. The molecule has 1 aliphatic heterocycles. The highest BCUT2D eigenvalue weighted by molar-refractivity contribution is 5.02. The Bertz CT molecular complexity index is 356. The lowest BCUT2D eigenvalue weighted by molar-refractivity contribution is 0.187. The van der Waals surface area contributed by atoms with Crippen LogP contribution >= 0.6 is 0 Å². The van der Waals surface area contributed by atoms with Gasteiger partial charge in [0.15, 0.2) is 5.82 Å². The first-order chi connectivity index (χ1) is 7.46. The number of nitrogens with zero attached hydrogens (tertiary/aromatic N) is 2. The van der Waals surface area contributed by atoms with Crippen LogP contribution in [0.2, 0.25) is 0 Å². The Labute approximate surface area is 95.3 Å². The summed E-state index contributed by atoms with van der Waals surface area (Å²) in [6.45, 7) is 7.59. The molecule has 0 radical (unpaired) electrons. The van der Waals surface area contributed by atoms with Crippen LogP contribution in [0.25, 0.3) is 0 Å². The van der Waals surface area contributed by atoms with Crippen molar-refractivity contribution in [1.82, 2.24) is 10.1 Å². The summed E-state index contributed by atoms with van der Waals surface area (Å²) >= 11 is 0. The number of hydrogen-bond donors (Lipinski definition) is 1. The number of nitrogens with two attached hydrogens (primary N) is 1. The summed E-state index contributed by atoms with van der Waals surface area (Å²) in [6.07, 6.45) is 0.805. The molecule has 5 heteroatoms. The van der Waals surface area contributed by atoms with Crippen LogP contribution in [-0.2, 0) is 11.2 Å². The van der Waals surface area contributed by atoms with Crippen LogP contribution in [0.1, 0.15) is 38.4 Å². The molecule has 5 nitrogen and oxygen atoms in total. The van der Waals surface area contributed by atoms with Crippen molar-refractivity contribution in [1.29, 1.82) is 0 Å². The molecule has 16 heavy (non-hydrogen) atoms. The van der Waals surface area contributed by atoms with Gasteiger partial charge in [0, 0.05) is 12.5 Å². The molecule has 2 atom stereocenters. The van der Waals surface area contributed by atoms with Crippen molar-refractivity contribution in [3.05, 3.63) is 11.7 Å². The molecule has 1 saturated heterocycles. The average molecular weight is 225 g/mol. The maximum absolute atomic E-state index is 5.89. The quantitative estimate of drug-likeness (QED) is 0.815. The first-order valence-corrected chi connectivity index (χ1v) is 5.61. The SMILES string of the molecule is CC(C)(C)Cc1noc(C2COCC2N)n1. The third kappa shape index (κ3) is 2.59. The Morgan fingerprint density at radius 2 is 2.12 bits per heavy atom. The smallest absolute Gasteiger partial charge is 0.233 e. The van der Waals surface area contributed by atoms with Crippen molar-refractivity contribution in [3.63, 3.8) is 0 Å². The van der Waals surface area contributed by atoms with Crippen LogP contribution < -0.4 is 5.73 Å². The Balaban J connectivity index is 2.07. The number of aromatic nitrogens is 2. The Morgan fingerprint density at radius 3 is 2.69 bits per heavy atom. The Kier molecular flexibility index (Phi) is 2.99. The third-order valence-corrected chi connectivity index (χ3v) is 2.61. The minimum absolute atomic E-state index is 0.0251. The van der Waals surface area contributed by atoms with E-state index in [0.29, 0.717) is 19.1 Å². The molecule has 2 unspecified atom stereocenters. The van der Waals surface area contributed by atoms with Crippen LogP contribution in [0.5, 0.6) is 0 Å². The Hall–Kier alpha value is -0.940. The molecule has 2 heterocycles. The summed E-state index contributed by atoms with van der Waals surface area (Å²) < 4.78 is 10.5. The van der Waals surface area contributed by atoms with E-state index < -0.39 is 0 Å². The molecule has 0 amide bonds. The molecule has 0 aliphatic carbocycles. The van der Waals surface area contributed by atoms with Crippen LogP contribution in [0, 0.1) is 5.41 Å². The van der Waals surface area contributed by atoms with Gasteiger partial charge in [-0.25, -0.2) is 0 Å². The molecule has 1 aliphatic rings. The van der Waals surface area contributed by atoms with Crippen LogP contribution in [0.3, 0.4) is 0 Å². The molecule has 90 valence electrons. The first-order valence-electron chi connectivity index (χ1n) is 5.61. The summed E-state index contributed by atoms with van der Waals surface area (Å²) in [5.74, 6) is 1.42. The van der Waals surface area contributed by atoms with E-state index in [1.165, 1.54) is 0 Å². The lowest BCUT2D eigenvalue weighted by Crippen LogP contribution is -2.27. The molecule has 0 bridgehead atoms. The van der Waals surface area contributed by atoms with E-state index in [2.05, 4.69) is 30.9 Å². The predicted molar refractivity (Wildman–Crippen MR) is 59.0 cm³/mol. The van der Waals surface area contributed by atoms with Gasteiger partial charge in [0.1, 0.15) is 0 Å². The zero-order chi connectivity index (χ0) is 11.8. The standard InChI is InChI=1S/C11H19N3O2/c1-11(2,3)4-9-13-10(16-14-9)7-5-15-6-8(7)12/h7-8H,4-6,12H2,1-3H3. The largest absolute Gasteiger partial charge is 0.379 e. The van der Waals surface area contributed by atoms with Crippen molar-refractivity contribution in [2.45, 2.75) is 39.2 Å². The van der Waals surface area contributed by atoms with E-state index in [1.807, 2.05) is 0 Å². The minimum Gasteiger partial charge on any atom is -0.379 e. The molecular weight excluding hydrogens is 206 g/mol. The van der Waals surface area contributed by atoms with E-state index in [4.69, 9.17) is 15.0 Å². The van der Waals surface area contributed by atoms with Gasteiger partial charge in [-0.15, -0.1) is 0 Å². The molecule has 2 N–H and O–H groups in total. The van der Waals surface area contributed by atoms with E-state index in [-0.39, 0.29) is 17.4 Å². The van der Waals surface area contributed by atoms with Crippen molar-refractivity contribution in [2.24, 2.45) is 11.1 Å². The maximum Gasteiger partial charge on any atom is 0.233 e. The van der Waals surface area contributed by atoms with E-state index in [1.54, 1.807) is 0 Å². The van der Waals surface area contributed by atoms with Gasteiger partial charge in [0.25, 0.3) is 0 Å². The maximum atomic E-state index is 5.89. The molecule has 0 aromatic carbocycles. The fourth-order valence-electron chi connectivity index (χ4n) is 1.79. The highest BCUT2D eigenvalue weighted by atomic mass is 16.5. The lowest BCUT2D eigenvalue weighted by Gasteiger charge is -2.14. The second-order valence-corrected chi connectivity index (χ2v) is 5.59. The third-order valence-electron chi connectivity index (χ3n) is 2.61. The summed E-state index contributed by atoms with van der Waals surface area (Å²) in [4.78, 5) is 4.39. The second kappa shape index (κ2) is 4.14. The zero-order valence-corrected chi connectivity index (χ0v) is 10.1. The van der Waals surface area contributed by atoms with Crippen LogP contribution in [-0.4, -0.2) is 29.4 Å². The van der Waals surface area contributed by atoms with Gasteiger partial charge in [-0.1, -0.05) is 25.9 Å². The summed E-state index contributed by atoms with van der Waals surface area (Å²) in [6, 6.07) is -0.0251. The van der Waals surface area contributed by atoms with Crippen molar-refractivity contribution < 1.29 is 9.26 Å². The van der Waals surface area contributed by atoms with Crippen LogP contribution in [0.4, 0.5) is 0 Å². The number of hydrogen-bond acceptors (Lipinski definition) is 5. The summed E-state index contributed by atoms with van der Waals surface area (Å²) in [5, 5.41) is 3.98. The monoisotopic (exact) mass is 225 g/mol. The van der Waals surface area contributed by atoms with Gasteiger partial charge >= 0.3 is 0 Å². The molecule has 2 rings (SSSR count). The highest BCUT2D eigenvalue weighted by Gasteiger charge is 2.31. The number of rotatable bonds is 2. The molecular formula is C11H19N3O2. The van der Waals surface area contributed by atoms with Gasteiger partial charge in [0.2, 0.25) is 5.89 Å². The van der Waals surface area contributed by atoms with E-state index in [9.17, 15) is 0 Å². The summed E-state index contributed by atoms with van der Waals surface area (Å²) in [7, 11) is 0. The number of ether oxygens (including phenoxy) is 1. The lowest BCUT2D eigenvalue weighted by atomic mass is 9.92. The predicted octanol–water partition coefficient (Wildman–Crippen LogP) is 1.10. The zero-order valence-electron chi connectivity index (χ0n) is 10.1. The van der Waals surface area contributed by atoms with Crippen molar-refractivity contribution in [2.75, 3.05) is 13.2 Å². The first kappa shape index (κ1) is 11.5. The van der Waals surface area contributed by atoms with E-state index in [0.717, 1.165) is 12.2 Å². The molecule has 1 aromatic heterocycles. The van der Waals surface area contributed by atoms with E-state index >= 15 is 0 Å². The van der Waals surface area contributed by atoms with Crippen molar-refractivity contribution >= 4 is 0 Å². The van der Waals surface area contributed by atoms with Crippen LogP contribution in [0.15, 0.2) is 4.52 Å². The van der Waals surface area contributed by atoms with Gasteiger partial charge in [-0.3, -0.25) is 0 Å². The minimum atomic E-state index is -0.0251. The van der Waals surface area contributed by atoms with Gasteiger partial charge in [-0.05, 0) is 5.41 Å². The normalized spacial score (nSPS) is 26.2. The van der Waals surface area contributed by atoms with Gasteiger partial charge in [-0.2, -0.15) is 4.98 Å². The Morgan fingerprint density at radius 1 is 1.38 bits per heavy atom.